The van der Waals surface area contributed by atoms with Crippen LogP contribution in [0, 0.1) is 11.8 Å². The summed E-state index contributed by atoms with van der Waals surface area (Å²) in [7, 11) is 0. The van der Waals surface area contributed by atoms with Crippen molar-refractivity contribution in [2.24, 2.45) is 11.8 Å². The van der Waals surface area contributed by atoms with Crippen LogP contribution in [0.1, 0.15) is 79.1 Å². The number of aromatic nitrogens is 3. The smallest absolute Gasteiger partial charge is 0.191 e. The van der Waals surface area contributed by atoms with E-state index in [0.29, 0.717) is 46.6 Å². The number of thioether (sulfide) groups is 1. The van der Waals surface area contributed by atoms with Crippen LogP contribution >= 0.6 is 11.8 Å². The first-order valence-corrected chi connectivity index (χ1v) is 19.2. The Bertz CT molecular complexity index is 2030. The predicted molar refractivity (Wildman–Crippen MR) is 208 cm³/mol. The van der Waals surface area contributed by atoms with Crippen LogP contribution in [0.4, 0.5) is 0 Å². The molecule has 2 unspecified atom stereocenters. The number of ether oxygens (including phenoxy) is 1. The van der Waals surface area contributed by atoms with Gasteiger partial charge in [-0.3, -0.25) is 0 Å². The minimum Gasteiger partial charge on any atom is -0.507 e. The number of phenolic OH excluding ortho intramolecular Hbond substituents is 1. The van der Waals surface area contributed by atoms with Gasteiger partial charge >= 0.3 is 0 Å². The molecule has 5 nitrogen and oxygen atoms in total. The molecule has 1 aromatic heterocycles. The molecule has 0 spiro atoms. The lowest BCUT2D eigenvalue weighted by atomic mass is 9.93. The summed E-state index contributed by atoms with van der Waals surface area (Å²) < 4.78 is 6.16. The minimum atomic E-state index is 0.107. The van der Waals surface area contributed by atoms with Crippen LogP contribution in [0.5, 0.6) is 11.5 Å². The maximum Gasteiger partial charge on any atom is 0.191 e. The van der Waals surface area contributed by atoms with Gasteiger partial charge in [-0.05, 0) is 75.2 Å². The van der Waals surface area contributed by atoms with E-state index in [4.69, 9.17) is 19.7 Å². The number of hydrogen-bond acceptors (Lipinski definition) is 6. The largest absolute Gasteiger partial charge is 0.507 e. The third-order valence-corrected chi connectivity index (χ3v) is 10.9. The Morgan fingerprint density at radius 1 is 0.633 bits per heavy atom. The molecule has 2 atom stereocenters. The molecule has 49 heavy (non-hydrogen) atoms. The molecule has 0 aliphatic rings. The average Bonchev–Trinajstić information content (AvgIpc) is 3.14. The summed E-state index contributed by atoms with van der Waals surface area (Å²) in [5.41, 5.74) is 1.53. The van der Waals surface area contributed by atoms with E-state index in [2.05, 4.69) is 94.4 Å². The fraction of sp³-hybridized carbons (Fsp3) is 0.372. The summed E-state index contributed by atoms with van der Waals surface area (Å²) in [6.45, 7) is 9.60. The Kier molecular flexibility index (Phi) is 11.7. The number of benzene rings is 5. The number of phenols is 1. The van der Waals surface area contributed by atoms with Crippen molar-refractivity contribution in [3.8, 4) is 34.3 Å². The zero-order chi connectivity index (χ0) is 34.2. The van der Waals surface area contributed by atoms with Gasteiger partial charge in [0.1, 0.15) is 11.5 Å². The molecule has 6 heteroatoms. The van der Waals surface area contributed by atoms with Crippen molar-refractivity contribution in [1.29, 1.82) is 0 Å². The molecule has 1 heterocycles. The van der Waals surface area contributed by atoms with E-state index < -0.39 is 0 Å². The topological polar surface area (TPSA) is 68.1 Å². The Labute approximate surface area is 295 Å². The summed E-state index contributed by atoms with van der Waals surface area (Å²) in [5, 5.41) is 19.1. The molecule has 0 saturated heterocycles. The number of unbranched alkanes of at least 4 members (excludes halogenated alkanes) is 2. The summed E-state index contributed by atoms with van der Waals surface area (Å²) in [5.74, 6) is 3.89. The molecule has 5 aromatic carbocycles. The maximum atomic E-state index is 11.4. The molecule has 0 amide bonds. The molecular formula is C43H49N3O2S. The summed E-state index contributed by atoms with van der Waals surface area (Å²) in [4.78, 5) is 15.2. The summed E-state index contributed by atoms with van der Waals surface area (Å²) in [6, 6.07) is 29.2. The number of aromatic hydroxyl groups is 1. The van der Waals surface area contributed by atoms with Gasteiger partial charge in [0.05, 0.1) is 12.2 Å². The van der Waals surface area contributed by atoms with Crippen molar-refractivity contribution >= 4 is 44.1 Å². The Morgan fingerprint density at radius 3 is 2.00 bits per heavy atom. The molecule has 0 radical (unpaired) electrons. The van der Waals surface area contributed by atoms with Crippen LogP contribution in [0.25, 0.3) is 55.1 Å². The van der Waals surface area contributed by atoms with E-state index in [1.807, 2.05) is 12.1 Å². The van der Waals surface area contributed by atoms with Crippen molar-refractivity contribution in [2.45, 2.75) is 84.2 Å². The lowest BCUT2D eigenvalue weighted by molar-refractivity contribution is 0.232. The number of rotatable bonds is 16. The summed E-state index contributed by atoms with van der Waals surface area (Å²) in [6.07, 6.45) is 9.37. The predicted octanol–water partition coefficient (Wildman–Crippen LogP) is 12.3. The van der Waals surface area contributed by atoms with Gasteiger partial charge in [-0.15, -0.1) is 0 Å². The minimum absolute atomic E-state index is 0.107. The van der Waals surface area contributed by atoms with Crippen LogP contribution in [-0.4, -0.2) is 32.4 Å². The molecule has 0 bridgehead atoms. The van der Waals surface area contributed by atoms with Crippen molar-refractivity contribution in [3.63, 3.8) is 0 Å². The van der Waals surface area contributed by atoms with Crippen molar-refractivity contribution in [2.75, 3.05) is 12.4 Å². The molecule has 0 aliphatic heterocycles. The highest BCUT2D eigenvalue weighted by atomic mass is 32.2. The molecule has 1 N–H and O–H groups in total. The molecule has 0 aliphatic carbocycles. The molecule has 0 fully saturated rings. The zero-order valence-corrected chi connectivity index (χ0v) is 30.2. The molecule has 254 valence electrons. The first-order valence-electron chi connectivity index (χ1n) is 18.2. The quantitative estimate of drug-likeness (QED) is 0.0816. The van der Waals surface area contributed by atoms with Gasteiger partial charge in [0.25, 0.3) is 0 Å². The normalized spacial score (nSPS) is 12.9. The first kappa shape index (κ1) is 34.7. The van der Waals surface area contributed by atoms with Crippen LogP contribution < -0.4 is 4.74 Å². The van der Waals surface area contributed by atoms with Crippen LogP contribution in [0.2, 0.25) is 0 Å². The van der Waals surface area contributed by atoms with Crippen LogP contribution in [0.3, 0.4) is 0 Å². The SMILES string of the molecule is CCCCC(CC)COc1ccc(-c2nc(SCC(CC)CCCC)nc(-c3cc4c5ccccc5ccc4c4ccccc34)n2)c(O)c1. The van der Waals surface area contributed by atoms with Gasteiger partial charge in [-0.25, -0.2) is 15.0 Å². The van der Waals surface area contributed by atoms with E-state index in [1.54, 1.807) is 17.8 Å². The monoisotopic (exact) mass is 671 g/mol. The second-order valence-electron chi connectivity index (χ2n) is 13.3. The van der Waals surface area contributed by atoms with Gasteiger partial charge in [0.15, 0.2) is 16.8 Å². The summed E-state index contributed by atoms with van der Waals surface area (Å²) >= 11 is 1.69. The highest BCUT2D eigenvalue weighted by Gasteiger charge is 2.19. The molecule has 6 aromatic rings. The van der Waals surface area contributed by atoms with E-state index >= 15 is 0 Å². The highest BCUT2D eigenvalue weighted by Crippen LogP contribution is 2.39. The number of nitrogens with zero attached hydrogens (tertiary/aromatic N) is 3. The van der Waals surface area contributed by atoms with E-state index in [1.165, 1.54) is 53.6 Å². The lowest BCUT2D eigenvalue weighted by Crippen LogP contribution is -2.11. The van der Waals surface area contributed by atoms with Crippen LogP contribution in [0.15, 0.2) is 90.1 Å². The van der Waals surface area contributed by atoms with Gasteiger partial charge < -0.3 is 9.84 Å². The highest BCUT2D eigenvalue weighted by molar-refractivity contribution is 7.99. The molecule has 0 saturated carbocycles. The first-order chi connectivity index (χ1) is 24.0. The van der Waals surface area contributed by atoms with Gasteiger partial charge in [0, 0.05) is 17.4 Å². The third kappa shape index (κ3) is 8.02. The Morgan fingerprint density at radius 2 is 1.29 bits per heavy atom. The van der Waals surface area contributed by atoms with Gasteiger partial charge in [0.2, 0.25) is 0 Å². The second kappa shape index (κ2) is 16.5. The standard InChI is InChI=1S/C43H49N3O2S/c1-5-9-15-29(7-3)27-48-32-22-24-37(40(47)25-32)41-44-42(46-43(45-41)49-28-30(8-4)16-10-6-2)39-26-38-33-18-12-11-17-31(33)21-23-36(38)34-19-13-14-20-35(34)39/h11-14,17-26,29-30,47H,5-10,15-16,27-28H2,1-4H3. The van der Waals surface area contributed by atoms with E-state index in [9.17, 15) is 5.11 Å². The Balaban J connectivity index is 1.44. The van der Waals surface area contributed by atoms with Crippen molar-refractivity contribution in [1.82, 2.24) is 15.0 Å². The van der Waals surface area contributed by atoms with Crippen molar-refractivity contribution < 1.29 is 9.84 Å². The maximum absolute atomic E-state index is 11.4. The third-order valence-electron chi connectivity index (χ3n) is 9.85. The fourth-order valence-corrected chi connectivity index (χ4v) is 7.79. The second-order valence-corrected chi connectivity index (χ2v) is 14.2. The lowest BCUT2D eigenvalue weighted by Gasteiger charge is -2.17. The Hall–Kier alpha value is -4.16. The molecular weight excluding hydrogens is 623 g/mol. The van der Waals surface area contributed by atoms with E-state index in [0.717, 1.165) is 41.4 Å². The number of fused-ring (bicyclic) bond motifs is 5. The number of hydrogen-bond donors (Lipinski definition) is 1. The molecule has 6 rings (SSSR count). The zero-order valence-electron chi connectivity index (χ0n) is 29.4. The van der Waals surface area contributed by atoms with Gasteiger partial charge in [-0.2, -0.15) is 0 Å². The van der Waals surface area contributed by atoms with E-state index in [-0.39, 0.29) is 5.75 Å². The average molecular weight is 672 g/mol. The van der Waals surface area contributed by atoms with Crippen molar-refractivity contribution in [3.05, 3.63) is 84.9 Å². The van der Waals surface area contributed by atoms with Crippen LogP contribution in [-0.2, 0) is 0 Å². The van der Waals surface area contributed by atoms with Gasteiger partial charge in [-0.1, -0.05) is 139 Å². The fourth-order valence-electron chi connectivity index (χ4n) is 6.70.